The van der Waals surface area contributed by atoms with E-state index in [1.165, 1.54) is 0 Å². The van der Waals surface area contributed by atoms with E-state index in [2.05, 4.69) is 11.6 Å². The minimum Gasteiger partial charge on any atom is -0.380 e. The molecule has 0 radical (unpaired) electrons. The molecule has 1 rings (SSSR count). The average molecular weight is 300 g/mol. The summed E-state index contributed by atoms with van der Waals surface area (Å²) in [4.78, 5) is 0.286. The van der Waals surface area contributed by atoms with Crippen molar-refractivity contribution in [3.05, 3.63) is 29.3 Å². The lowest BCUT2D eigenvalue weighted by molar-refractivity contribution is 0.136. The largest absolute Gasteiger partial charge is 0.380 e. The number of hydrogen-bond donors (Lipinski definition) is 2. The molecule has 3 N–H and O–H groups in total. The highest BCUT2D eigenvalue weighted by Gasteiger charge is 2.16. The van der Waals surface area contributed by atoms with Crippen molar-refractivity contribution in [2.45, 2.75) is 38.1 Å². The fourth-order valence-electron chi connectivity index (χ4n) is 1.74. The van der Waals surface area contributed by atoms with Crippen LogP contribution in [0.15, 0.2) is 23.1 Å². The topological polar surface area (TPSA) is 81.4 Å². The van der Waals surface area contributed by atoms with Crippen LogP contribution in [0.1, 0.15) is 30.9 Å². The summed E-state index contributed by atoms with van der Waals surface area (Å²) in [6.45, 7) is 5.50. The van der Waals surface area contributed by atoms with Crippen LogP contribution in [0.25, 0.3) is 0 Å². The zero-order valence-corrected chi connectivity index (χ0v) is 13.0. The quantitative estimate of drug-likeness (QED) is 0.678. The number of sulfonamides is 1. The first-order valence-corrected chi connectivity index (χ1v) is 8.36. The molecule has 0 fully saturated rings. The van der Waals surface area contributed by atoms with Crippen molar-refractivity contribution >= 4 is 10.0 Å². The minimum atomic E-state index is -3.50. The van der Waals surface area contributed by atoms with Gasteiger partial charge in [0.1, 0.15) is 0 Å². The molecule has 0 heterocycles. The fourth-order valence-corrected chi connectivity index (χ4v) is 3.04. The van der Waals surface area contributed by atoms with Gasteiger partial charge in [0.15, 0.2) is 0 Å². The first-order valence-electron chi connectivity index (χ1n) is 6.88. The van der Waals surface area contributed by atoms with Crippen LogP contribution in [0.3, 0.4) is 0 Å². The van der Waals surface area contributed by atoms with Crippen LogP contribution in [0.4, 0.5) is 0 Å². The van der Waals surface area contributed by atoms with Crippen molar-refractivity contribution in [3.63, 3.8) is 0 Å². The molecule has 0 aliphatic rings. The Labute approximate surface area is 121 Å². The van der Waals surface area contributed by atoms with Crippen LogP contribution >= 0.6 is 0 Å². The molecule has 0 saturated carbocycles. The predicted molar refractivity (Wildman–Crippen MR) is 80.0 cm³/mol. The monoisotopic (exact) mass is 300 g/mol. The normalized spacial score (nSPS) is 11.8. The van der Waals surface area contributed by atoms with Crippen LogP contribution in [0, 0.1) is 6.92 Å². The van der Waals surface area contributed by atoms with Gasteiger partial charge in [0.2, 0.25) is 10.0 Å². The third kappa shape index (κ3) is 5.20. The number of nitrogens with two attached hydrogens (primary N) is 1. The van der Waals surface area contributed by atoms with Crippen molar-refractivity contribution in [1.82, 2.24) is 4.72 Å². The third-order valence-electron chi connectivity index (χ3n) is 2.96. The molecule has 0 aliphatic carbocycles. The second-order valence-electron chi connectivity index (χ2n) is 4.67. The summed E-state index contributed by atoms with van der Waals surface area (Å²) in [5.74, 6) is 0. The highest BCUT2D eigenvalue weighted by atomic mass is 32.2. The van der Waals surface area contributed by atoms with Gasteiger partial charge in [-0.3, -0.25) is 0 Å². The number of aryl methyl sites for hydroxylation is 1. The molecule has 0 spiro atoms. The minimum absolute atomic E-state index is 0.276. The number of unbranched alkanes of at least 4 members (excludes halogenated alkanes) is 1. The molecule has 0 aromatic heterocycles. The Morgan fingerprint density at radius 1 is 1.30 bits per heavy atom. The van der Waals surface area contributed by atoms with Gasteiger partial charge in [0.05, 0.1) is 11.5 Å². The van der Waals surface area contributed by atoms with Crippen molar-refractivity contribution in [2.24, 2.45) is 5.73 Å². The van der Waals surface area contributed by atoms with E-state index in [1.54, 1.807) is 19.1 Å². The van der Waals surface area contributed by atoms with E-state index in [-0.39, 0.29) is 11.4 Å². The molecule has 6 heteroatoms. The van der Waals surface area contributed by atoms with Crippen LogP contribution in [-0.2, 0) is 21.3 Å². The molecule has 20 heavy (non-hydrogen) atoms. The summed E-state index contributed by atoms with van der Waals surface area (Å²) in [6.07, 6.45) is 2.06. The smallest absolute Gasteiger partial charge is 0.240 e. The molecule has 0 aliphatic heterocycles. The fraction of sp³-hybridized carbons (Fsp3) is 0.571. The Kier molecular flexibility index (Phi) is 7.15. The Bertz CT molecular complexity index is 515. The molecule has 0 amide bonds. The predicted octanol–water partition coefficient (Wildman–Crippen LogP) is 1.55. The first-order chi connectivity index (χ1) is 9.51. The van der Waals surface area contributed by atoms with E-state index in [1.807, 2.05) is 6.07 Å². The second-order valence-corrected chi connectivity index (χ2v) is 6.40. The van der Waals surface area contributed by atoms with Gasteiger partial charge in [-0.2, -0.15) is 0 Å². The molecule has 114 valence electrons. The van der Waals surface area contributed by atoms with Gasteiger partial charge in [-0.15, -0.1) is 0 Å². The SMILES string of the molecule is CCCCOCCNS(=O)(=O)c1cc(CN)ccc1C. The van der Waals surface area contributed by atoms with Crippen molar-refractivity contribution in [3.8, 4) is 0 Å². The zero-order chi connectivity index (χ0) is 15.0. The standard InChI is InChI=1S/C14H24N2O3S/c1-3-4-8-19-9-7-16-20(17,18)14-10-13(11-15)6-5-12(14)2/h5-6,10,16H,3-4,7-9,11,15H2,1-2H3. The Morgan fingerprint density at radius 2 is 2.05 bits per heavy atom. The Hall–Kier alpha value is -0.950. The van der Waals surface area contributed by atoms with Crippen molar-refractivity contribution in [1.29, 1.82) is 0 Å². The summed E-state index contributed by atoms with van der Waals surface area (Å²) in [7, 11) is -3.50. The number of hydrogen-bond acceptors (Lipinski definition) is 4. The number of nitrogens with one attached hydrogen (secondary N) is 1. The van der Waals surface area contributed by atoms with E-state index in [9.17, 15) is 8.42 Å². The lowest BCUT2D eigenvalue weighted by Crippen LogP contribution is -2.28. The molecule has 1 aromatic rings. The van der Waals surface area contributed by atoms with Gasteiger partial charge in [-0.25, -0.2) is 13.1 Å². The van der Waals surface area contributed by atoms with Crippen LogP contribution in [0.5, 0.6) is 0 Å². The van der Waals surface area contributed by atoms with Gasteiger partial charge < -0.3 is 10.5 Å². The molecule has 0 unspecified atom stereocenters. The van der Waals surface area contributed by atoms with Gasteiger partial charge in [-0.1, -0.05) is 25.5 Å². The maximum Gasteiger partial charge on any atom is 0.240 e. The summed E-state index contributed by atoms with van der Waals surface area (Å²) in [6, 6.07) is 5.23. The van der Waals surface area contributed by atoms with Crippen LogP contribution in [0.2, 0.25) is 0 Å². The van der Waals surface area contributed by atoms with E-state index in [0.717, 1.165) is 18.4 Å². The molecular weight excluding hydrogens is 276 g/mol. The number of benzene rings is 1. The highest BCUT2D eigenvalue weighted by Crippen LogP contribution is 2.16. The van der Waals surface area contributed by atoms with Gasteiger partial charge in [0.25, 0.3) is 0 Å². The second kappa shape index (κ2) is 8.36. The molecule has 0 saturated heterocycles. The average Bonchev–Trinajstić information content (AvgIpc) is 2.43. The molecule has 1 aromatic carbocycles. The zero-order valence-electron chi connectivity index (χ0n) is 12.2. The maximum atomic E-state index is 12.2. The number of rotatable bonds is 9. The molecular formula is C14H24N2O3S. The van der Waals surface area contributed by atoms with E-state index >= 15 is 0 Å². The summed E-state index contributed by atoms with van der Waals surface area (Å²) < 4.78 is 32.3. The van der Waals surface area contributed by atoms with Gasteiger partial charge in [0, 0.05) is 19.7 Å². The highest BCUT2D eigenvalue weighted by molar-refractivity contribution is 7.89. The Morgan fingerprint density at radius 3 is 2.70 bits per heavy atom. The van der Waals surface area contributed by atoms with E-state index in [0.29, 0.717) is 25.3 Å². The van der Waals surface area contributed by atoms with E-state index < -0.39 is 10.0 Å². The molecule has 0 atom stereocenters. The Balaban J connectivity index is 2.60. The number of ether oxygens (including phenoxy) is 1. The third-order valence-corrected chi connectivity index (χ3v) is 4.56. The lowest BCUT2D eigenvalue weighted by atomic mass is 10.1. The van der Waals surface area contributed by atoms with Crippen molar-refractivity contribution < 1.29 is 13.2 Å². The molecule has 0 bridgehead atoms. The summed E-state index contributed by atoms with van der Waals surface area (Å²) in [5.41, 5.74) is 7.06. The summed E-state index contributed by atoms with van der Waals surface area (Å²) in [5, 5.41) is 0. The maximum absolute atomic E-state index is 12.2. The van der Waals surface area contributed by atoms with Gasteiger partial charge in [-0.05, 0) is 30.5 Å². The first kappa shape index (κ1) is 17.1. The summed E-state index contributed by atoms with van der Waals surface area (Å²) >= 11 is 0. The van der Waals surface area contributed by atoms with Crippen LogP contribution < -0.4 is 10.5 Å². The van der Waals surface area contributed by atoms with Gasteiger partial charge >= 0.3 is 0 Å². The lowest BCUT2D eigenvalue weighted by Gasteiger charge is -2.11. The van der Waals surface area contributed by atoms with E-state index in [4.69, 9.17) is 10.5 Å². The van der Waals surface area contributed by atoms with Crippen LogP contribution in [-0.4, -0.2) is 28.2 Å². The molecule has 5 nitrogen and oxygen atoms in total. The van der Waals surface area contributed by atoms with Crippen molar-refractivity contribution in [2.75, 3.05) is 19.8 Å².